The van der Waals surface area contributed by atoms with Gasteiger partial charge in [-0.2, -0.15) is 0 Å². The average molecular weight is 249 g/mol. The Bertz CT molecular complexity index is 274. The Balaban J connectivity index is 2.68. The standard InChI is InChI=1S/C10H19NO4S/c1-10(9(12)13,3-6-15-2)11-4-7-16(14)8-5-11/h3-8H2,1-2H3,(H,12,13). The van der Waals surface area contributed by atoms with E-state index in [-0.39, 0.29) is 0 Å². The van der Waals surface area contributed by atoms with Crippen molar-refractivity contribution in [3.63, 3.8) is 0 Å². The SMILES string of the molecule is COCCC(C)(C(=O)O)N1CCS(=O)CC1. The van der Waals surface area contributed by atoms with Gasteiger partial charge in [0.2, 0.25) is 0 Å². The number of hydrogen-bond donors (Lipinski definition) is 1. The monoisotopic (exact) mass is 249 g/mol. The lowest BCUT2D eigenvalue weighted by molar-refractivity contribution is -0.151. The molecule has 0 spiro atoms. The van der Waals surface area contributed by atoms with Gasteiger partial charge in [-0.15, -0.1) is 0 Å². The van der Waals surface area contributed by atoms with E-state index < -0.39 is 22.3 Å². The molecule has 1 unspecified atom stereocenters. The first-order chi connectivity index (χ1) is 7.50. The first-order valence-electron chi connectivity index (χ1n) is 5.33. The van der Waals surface area contributed by atoms with Gasteiger partial charge in [-0.3, -0.25) is 13.9 Å². The van der Waals surface area contributed by atoms with Crippen LogP contribution in [0.25, 0.3) is 0 Å². The Morgan fingerprint density at radius 3 is 2.50 bits per heavy atom. The zero-order valence-corrected chi connectivity index (χ0v) is 10.6. The maximum absolute atomic E-state index is 11.3. The Morgan fingerprint density at radius 2 is 2.06 bits per heavy atom. The number of carboxylic acid groups (broad SMARTS) is 1. The van der Waals surface area contributed by atoms with Gasteiger partial charge in [0.25, 0.3) is 0 Å². The van der Waals surface area contributed by atoms with Gasteiger partial charge in [-0.05, 0) is 13.3 Å². The molecule has 6 heteroatoms. The van der Waals surface area contributed by atoms with Crippen LogP contribution in [0.4, 0.5) is 0 Å². The zero-order valence-electron chi connectivity index (χ0n) is 9.77. The summed E-state index contributed by atoms with van der Waals surface area (Å²) in [6.07, 6.45) is 0.450. The molecule has 16 heavy (non-hydrogen) atoms. The van der Waals surface area contributed by atoms with Crippen LogP contribution in [-0.4, -0.2) is 64.0 Å². The van der Waals surface area contributed by atoms with Crippen LogP contribution >= 0.6 is 0 Å². The second kappa shape index (κ2) is 5.75. The van der Waals surface area contributed by atoms with Crippen LogP contribution in [-0.2, 0) is 20.3 Å². The number of rotatable bonds is 5. The van der Waals surface area contributed by atoms with Crippen molar-refractivity contribution in [3.8, 4) is 0 Å². The molecule has 1 N–H and O–H groups in total. The normalized spacial score (nSPS) is 22.9. The summed E-state index contributed by atoms with van der Waals surface area (Å²) < 4.78 is 16.2. The molecule has 0 aliphatic carbocycles. The van der Waals surface area contributed by atoms with Crippen LogP contribution < -0.4 is 0 Å². The van der Waals surface area contributed by atoms with Crippen LogP contribution in [0.15, 0.2) is 0 Å². The van der Waals surface area contributed by atoms with Crippen molar-refractivity contribution >= 4 is 16.8 Å². The first-order valence-corrected chi connectivity index (χ1v) is 6.82. The Hall–Kier alpha value is -0.460. The topological polar surface area (TPSA) is 66.8 Å². The maximum atomic E-state index is 11.3. The number of methoxy groups -OCH3 is 1. The van der Waals surface area contributed by atoms with Gasteiger partial charge < -0.3 is 9.84 Å². The van der Waals surface area contributed by atoms with E-state index in [4.69, 9.17) is 4.74 Å². The molecule has 0 aromatic carbocycles. The minimum absolute atomic E-state index is 0.419. The molecule has 0 saturated carbocycles. The van der Waals surface area contributed by atoms with Gasteiger partial charge in [0.15, 0.2) is 0 Å². The molecule has 0 aromatic heterocycles. The summed E-state index contributed by atoms with van der Waals surface area (Å²) in [5.41, 5.74) is -0.902. The van der Waals surface area contributed by atoms with E-state index in [1.54, 1.807) is 14.0 Å². The fourth-order valence-corrected chi connectivity index (χ4v) is 2.88. The number of nitrogens with zero attached hydrogens (tertiary/aromatic N) is 1. The van der Waals surface area contributed by atoms with E-state index in [1.807, 2.05) is 4.90 Å². The summed E-state index contributed by atoms with van der Waals surface area (Å²) in [5, 5.41) is 9.30. The van der Waals surface area contributed by atoms with Crippen LogP contribution in [0.2, 0.25) is 0 Å². The summed E-state index contributed by atoms with van der Waals surface area (Å²) in [6.45, 7) is 3.29. The highest BCUT2D eigenvalue weighted by molar-refractivity contribution is 7.85. The first kappa shape index (κ1) is 13.6. The second-order valence-electron chi connectivity index (χ2n) is 4.16. The molecule has 1 atom stereocenters. The molecule has 94 valence electrons. The van der Waals surface area contributed by atoms with Gasteiger partial charge in [0.1, 0.15) is 5.54 Å². The zero-order chi connectivity index (χ0) is 12.2. The highest BCUT2D eigenvalue weighted by atomic mass is 32.2. The number of carbonyl (C=O) groups is 1. The molecular weight excluding hydrogens is 230 g/mol. The maximum Gasteiger partial charge on any atom is 0.323 e. The van der Waals surface area contributed by atoms with Crippen molar-refractivity contribution in [2.24, 2.45) is 0 Å². The third-order valence-electron chi connectivity index (χ3n) is 3.13. The van der Waals surface area contributed by atoms with Crippen molar-refractivity contribution in [2.75, 3.05) is 38.3 Å². The minimum Gasteiger partial charge on any atom is -0.480 e. The van der Waals surface area contributed by atoms with Crippen molar-refractivity contribution in [2.45, 2.75) is 18.9 Å². The van der Waals surface area contributed by atoms with Gasteiger partial charge in [0, 0.05) is 49.1 Å². The fraction of sp³-hybridized carbons (Fsp3) is 0.900. The lowest BCUT2D eigenvalue weighted by atomic mass is 9.96. The number of hydrogen-bond acceptors (Lipinski definition) is 4. The summed E-state index contributed by atoms with van der Waals surface area (Å²) in [6, 6.07) is 0. The van der Waals surface area contributed by atoms with Crippen LogP contribution in [0.1, 0.15) is 13.3 Å². The molecule has 1 rings (SSSR count). The quantitative estimate of drug-likeness (QED) is 0.739. The fourth-order valence-electron chi connectivity index (χ4n) is 1.83. The van der Waals surface area contributed by atoms with Crippen molar-refractivity contribution in [3.05, 3.63) is 0 Å². The number of carboxylic acids is 1. The van der Waals surface area contributed by atoms with Crippen molar-refractivity contribution in [1.82, 2.24) is 4.90 Å². The van der Waals surface area contributed by atoms with E-state index in [2.05, 4.69) is 0 Å². The number of ether oxygens (including phenoxy) is 1. The van der Waals surface area contributed by atoms with E-state index in [0.717, 1.165) is 0 Å². The molecule has 5 nitrogen and oxygen atoms in total. The molecular formula is C10H19NO4S. The van der Waals surface area contributed by atoms with E-state index in [0.29, 0.717) is 37.6 Å². The van der Waals surface area contributed by atoms with Crippen molar-refractivity contribution < 1.29 is 18.8 Å². The van der Waals surface area contributed by atoms with Gasteiger partial charge in [0.05, 0.1) is 0 Å². The lowest BCUT2D eigenvalue weighted by Crippen LogP contribution is -2.57. The van der Waals surface area contributed by atoms with Gasteiger partial charge in [-0.25, -0.2) is 0 Å². The summed E-state index contributed by atoms with van der Waals surface area (Å²) in [7, 11) is 0.783. The lowest BCUT2D eigenvalue weighted by Gasteiger charge is -2.39. The number of aliphatic carboxylic acids is 1. The summed E-state index contributed by atoms with van der Waals surface area (Å²) >= 11 is 0. The summed E-state index contributed by atoms with van der Waals surface area (Å²) in [4.78, 5) is 13.2. The molecule has 0 radical (unpaired) electrons. The van der Waals surface area contributed by atoms with Crippen LogP contribution in [0.3, 0.4) is 0 Å². The predicted molar refractivity (Wildman–Crippen MR) is 62.0 cm³/mol. The van der Waals surface area contributed by atoms with Gasteiger partial charge in [-0.1, -0.05) is 0 Å². The van der Waals surface area contributed by atoms with E-state index in [1.165, 1.54) is 0 Å². The highest BCUT2D eigenvalue weighted by Gasteiger charge is 2.40. The highest BCUT2D eigenvalue weighted by Crippen LogP contribution is 2.22. The molecule has 1 aliphatic heterocycles. The largest absolute Gasteiger partial charge is 0.480 e. The molecule has 1 fully saturated rings. The third-order valence-corrected chi connectivity index (χ3v) is 4.41. The van der Waals surface area contributed by atoms with E-state index >= 15 is 0 Å². The molecule has 0 amide bonds. The average Bonchev–Trinajstić information content (AvgIpc) is 2.26. The smallest absolute Gasteiger partial charge is 0.323 e. The second-order valence-corrected chi connectivity index (χ2v) is 5.85. The molecule has 0 aromatic rings. The molecule has 1 heterocycles. The minimum atomic E-state index is -0.902. The van der Waals surface area contributed by atoms with Crippen molar-refractivity contribution in [1.29, 1.82) is 0 Å². The van der Waals surface area contributed by atoms with Crippen LogP contribution in [0, 0.1) is 0 Å². The molecule has 1 aliphatic rings. The Morgan fingerprint density at radius 1 is 1.50 bits per heavy atom. The third kappa shape index (κ3) is 3.02. The molecule has 0 bridgehead atoms. The van der Waals surface area contributed by atoms with Gasteiger partial charge >= 0.3 is 5.97 Å². The predicted octanol–water partition coefficient (Wildman–Crippen LogP) is -0.0695. The van der Waals surface area contributed by atoms with Crippen LogP contribution in [0.5, 0.6) is 0 Å². The Kier molecular flexibility index (Phi) is 4.89. The Labute approximate surface area is 98.2 Å². The molecule has 1 saturated heterocycles. The summed E-state index contributed by atoms with van der Waals surface area (Å²) in [5.74, 6) is 0.295. The van der Waals surface area contributed by atoms with E-state index in [9.17, 15) is 14.1 Å².